The molecular weight excluding hydrogens is 340 g/mol. The number of ether oxygens (including phenoxy) is 1. The summed E-state index contributed by atoms with van der Waals surface area (Å²) < 4.78 is 37.7. The first-order valence-electron chi connectivity index (χ1n) is 7.62. The van der Waals surface area contributed by atoms with Crippen LogP contribution < -0.4 is 0 Å². The lowest BCUT2D eigenvalue weighted by molar-refractivity contribution is 0.0676. The third-order valence-electron chi connectivity index (χ3n) is 4.17. The van der Waals surface area contributed by atoms with Crippen LogP contribution in [0.15, 0.2) is 6.33 Å². The van der Waals surface area contributed by atoms with E-state index in [0.717, 1.165) is 0 Å². The normalized spacial score (nSPS) is 22.5. The minimum absolute atomic E-state index is 0.436. The Bertz CT molecular complexity index is 686. The molecule has 9 nitrogen and oxygen atoms in total. The summed E-state index contributed by atoms with van der Waals surface area (Å²) >= 11 is 5.27. The molecule has 2 saturated heterocycles. The molecule has 1 aromatic rings. The number of morpholine rings is 1. The maximum Gasteiger partial charge on any atom is 0.282 e. The molecule has 0 bridgehead atoms. The van der Waals surface area contributed by atoms with Crippen molar-refractivity contribution >= 4 is 22.4 Å². The molecule has 3 rings (SSSR count). The fourth-order valence-electron chi connectivity index (χ4n) is 2.75. The van der Waals surface area contributed by atoms with Crippen LogP contribution in [0.25, 0.3) is 0 Å². The average Bonchev–Trinajstić information content (AvgIpc) is 2.88. The molecule has 1 aromatic heterocycles. The quantitative estimate of drug-likeness (QED) is 0.647. The van der Waals surface area contributed by atoms with E-state index in [4.69, 9.17) is 17.0 Å². The van der Waals surface area contributed by atoms with Crippen LogP contribution in [0.1, 0.15) is 0 Å². The van der Waals surface area contributed by atoms with E-state index in [-0.39, 0.29) is 0 Å². The topological polar surface area (TPSA) is 75.8 Å². The second kappa shape index (κ2) is 6.95. The summed E-state index contributed by atoms with van der Waals surface area (Å²) in [7, 11) is -1.51. The number of aromatic nitrogens is 3. The number of rotatable bonds is 4. The van der Waals surface area contributed by atoms with Gasteiger partial charge in [0.25, 0.3) is 10.2 Å². The first kappa shape index (κ1) is 17.0. The van der Waals surface area contributed by atoms with E-state index < -0.39 is 10.2 Å². The fraction of sp³-hybridized carbons (Fsp3) is 0.833. The molecule has 23 heavy (non-hydrogen) atoms. The van der Waals surface area contributed by atoms with Crippen LogP contribution in [0, 0.1) is 4.77 Å². The first-order chi connectivity index (χ1) is 11.0. The summed E-state index contributed by atoms with van der Waals surface area (Å²) in [5.41, 5.74) is 0. The highest BCUT2D eigenvalue weighted by Gasteiger charge is 2.33. The van der Waals surface area contributed by atoms with Gasteiger partial charge in [-0.25, -0.2) is 4.68 Å². The zero-order valence-electron chi connectivity index (χ0n) is 13.2. The molecule has 0 atom stereocenters. The van der Waals surface area contributed by atoms with Gasteiger partial charge in [-0.3, -0.25) is 4.90 Å². The van der Waals surface area contributed by atoms with E-state index in [0.29, 0.717) is 63.9 Å². The SMILES string of the molecule is Cn1cnn(CN2CCN(S(=O)(=O)N3CCOCC3)CC2)c1=S. The second-order valence-electron chi connectivity index (χ2n) is 5.70. The van der Waals surface area contributed by atoms with Gasteiger partial charge in [0.2, 0.25) is 0 Å². The van der Waals surface area contributed by atoms with Crippen molar-refractivity contribution in [3.63, 3.8) is 0 Å². The van der Waals surface area contributed by atoms with Crippen LogP contribution >= 0.6 is 12.2 Å². The van der Waals surface area contributed by atoms with Gasteiger partial charge in [0, 0.05) is 46.3 Å². The molecule has 0 N–H and O–H groups in total. The molecule has 2 fully saturated rings. The highest BCUT2D eigenvalue weighted by Crippen LogP contribution is 2.14. The molecule has 0 radical (unpaired) electrons. The monoisotopic (exact) mass is 362 g/mol. The molecule has 0 aromatic carbocycles. The van der Waals surface area contributed by atoms with E-state index in [2.05, 4.69) is 10.00 Å². The van der Waals surface area contributed by atoms with Crippen LogP contribution in [0.5, 0.6) is 0 Å². The minimum Gasteiger partial charge on any atom is -0.379 e. The molecule has 0 saturated carbocycles. The van der Waals surface area contributed by atoms with Crippen molar-refractivity contribution in [2.75, 3.05) is 52.5 Å². The van der Waals surface area contributed by atoms with Gasteiger partial charge in [0.1, 0.15) is 6.33 Å². The lowest BCUT2D eigenvalue weighted by atomic mass is 10.4. The van der Waals surface area contributed by atoms with E-state index in [1.807, 2.05) is 7.05 Å². The van der Waals surface area contributed by atoms with Crippen molar-refractivity contribution in [1.82, 2.24) is 27.9 Å². The Kier molecular flexibility index (Phi) is 5.13. The van der Waals surface area contributed by atoms with Crippen LogP contribution in [0.4, 0.5) is 0 Å². The smallest absolute Gasteiger partial charge is 0.282 e. The summed E-state index contributed by atoms with van der Waals surface area (Å²) in [5, 5.41) is 4.23. The van der Waals surface area contributed by atoms with Gasteiger partial charge in [0.15, 0.2) is 4.77 Å². The molecule has 0 spiro atoms. The number of hydrogen-bond donors (Lipinski definition) is 0. The molecule has 0 unspecified atom stereocenters. The van der Waals surface area contributed by atoms with Crippen LogP contribution in [0.3, 0.4) is 0 Å². The van der Waals surface area contributed by atoms with E-state index in [1.54, 1.807) is 19.9 Å². The Labute approximate surface area is 141 Å². The Hall–Kier alpha value is -0.850. The summed E-state index contributed by atoms with van der Waals surface area (Å²) in [5.74, 6) is 0. The van der Waals surface area contributed by atoms with Crippen molar-refractivity contribution in [2.24, 2.45) is 7.05 Å². The summed E-state index contributed by atoms with van der Waals surface area (Å²) in [6.45, 7) is 4.71. The lowest BCUT2D eigenvalue weighted by Gasteiger charge is -2.37. The van der Waals surface area contributed by atoms with Crippen LogP contribution in [-0.2, 0) is 28.7 Å². The number of nitrogens with zero attached hydrogens (tertiary/aromatic N) is 6. The largest absolute Gasteiger partial charge is 0.379 e. The summed E-state index contributed by atoms with van der Waals surface area (Å²) in [4.78, 5) is 2.16. The maximum absolute atomic E-state index is 12.6. The number of piperazine rings is 1. The fourth-order valence-corrected chi connectivity index (χ4v) is 4.46. The first-order valence-corrected chi connectivity index (χ1v) is 9.43. The predicted molar refractivity (Wildman–Crippen MR) is 86.5 cm³/mol. The summed E-state index contributed by atoms with van der Waals surface area (Å²) in [6.07, 6.45) is 1.68. The number of aryl methyl sites for hydroxylation is 1. The van der Waals surface area contributed by atoms with E-state index in [1.165, 1.54) is 4.31 Å². The van der Waals surface area contributed by atoms with Crippen molar-refractivity contribution in [2.45, 2.75) is 6.67 Å². The van der Waals surface area contributed by atoms with Gasteiger partial charge in [-0.15, -0.1) is 0 Å². The van der Waals surface area contributed by atoms with E-state index in [9.17, 15) is 8.42 Å². The zero-order chi connectivity index (χ0) is 16.4. The Morgan fingerprint density at radius 3 is 2.30 bits per heavy atom. The standard InChI is InChI=1S/C12H22N6O3S2/c1-14-10-13-18(12(14)22)11-15-2-4-16(5-3-15)23(19,20)17-6-8-21-9-7-17/h10H,2-9,11H2,1H3. The molecule has 130 valence electrons. The molecular formula is C12H22N6O3S2. The molecule has 11 heteroatoms. The predicted octanol–water partition coefficient (Wildman–Crippen LogP) is -0.897. The molecule has 3 heterocycles. The van der Waals surface area contributed by atoms with Gasteiger partial charge in [-0.05, 0) is 12.2 Å². The average molecular weight is 362 g/mol. The Morgan fingerprint density at radius 2 is 1.74 bits per heavy atom. The zero-order valence-corrected chi connectivity index (χ0v) is 14.8. The highest BCUT2D eigenvalue weighted by molar-refractivity contribution is 7.86. The van der Waals surface area contributed by atoms with Gasteiger partial charge < -0.3 is 9.30 Å². The van der Waals surface area contributed by atoms with Crippen molar-refractivity contribution in [3.05, 3.63) is 11.1 Å². The minimum atomic E-state index is -3.37. The maximum atomic E-state index is 12.6. The van der Waals surface area contributed by atoms with Crippen molar-refractivity contribution in [3.8, 4) is 0 Å². The summed E-state index contributed by atoms with van der Waals surface area (Å²) in [6, 6.07) is 0. The van der Waals surface area contributed by atoms with Crippen LogP contribution in [-0.4, -0.2) is 88.8 Å². The van der Waals surface area contributed by atoms with Gasteiger partial charge >= 0.3 is 0 Å². The van der Waals surface area contributed by atoms with Gasteiger partial charge in [-0.2, -0.15) is 22.1 Å². The molecule has 2 aliphatic rings. The van der Waals surface area contributed by atoms with Gasteiger partial charge in [-0.1, -0.05) is 0 Å². The van der Waals surface area contributed by atoms with Crippen molar-refractivity contribution < 1.29 is 13.2 Å². The molecule has 2 aliphatic heterocycles. The van der Waals surface area contributed by atoms with E-state index >= 15 is 0 Å². The highest BCUT2D eigenvalue weighted by atomic mass is 32.2. The molecule has 0 amide bonds. The van der Waals surface area contributed by atoms with Crippen LogP contribution in [0.2, 0.25) is 0 Å². The third kappa shape index (κ3) is 3.64. The van der Waals surface area contributed by atoms with Gasteiger partial charge in [0.05, 0.1) is 19.9 Å². The Balaban J connectivity index is 1.57. The lowest BCUT2D eigenvalue weighted by Crippen LogP contribution is -2.55. The Morgan fingerprint density at radius 1 is 1.13 bits per heavy atom. The van der Waals surface area contributed by atoms with Crippen molar-refractivity contribution in [1.29, 1.82) is 0 Å². The second-order valence-corrected chi connectivity index (χ2v) is 8.00. The number of hydrogen-bond acceptors (Lipinski definition) is 6. The molecule has 0 aliphatic carbocycles. The third-order valence-corrected chi connectivity index (χ3v) is 6.71.